The van der Waals surface area contributed by atoms with E-state index in [-0.39, 0.29) is 11.6 Å². The summed E-state index contributed by atoms with van der Waals surface area (Å²) in [4.78, 5) is 34.9. The molecule has 0 bridgehead atoms. The highest BCUT2D eigenvalue weighted by Crippen LogP contribution is 2.33. The van der Waals surface area contributed by atoms with Crippen molar-refractivity contribution in [1.29, 1.82) is 0 Å². The maximum atomic E-state index is 13.6. The van der Waals surface area contributed by atoms with E-state index in [1.165, 1.54) is 23.5 Å². The third kappa shape index (κ3) is 4.85. The van der Waals surface area contributed by atoms with E-state index in [2.05, 4.69) is 9.97 Å². The minimum Gasteiger partial charge on any atom is -0.494 e. The summed E-state index contributed by atoms with van der Waals surface area (Å²) < 4.78 is 8.42. The van der Waals surface area contributed by atoms with Crippen LogP contribution in [0.25, 0.3) is 10.2 Å². The zero-order chi connectivity index (χ0) is 23.4. The number of anilines is 1. The fourth-order valence-electron chi connectivity index (χ4n) is 3.58. The SMILES string of the molecule is CCOc1ccc2nc(N(CCCn3ccnc3)C(=O)c3cccc([N+](=O)[O-])c3C)sc2c1. The third-order valence-electron chi connectivity index (χ3n) is 5.23. The van der Waals surface area contributed by atoms with Gasteiger partial charge in [-0.15, -0.1) is 0 Å². The number of amides is 1. The lowest BCUT2D eigenvalue weighted by molar-refractivity contribution is -0.385. The molecule has 9 nitrogen and oxygen atoms in total. The second kappa shape index (κ2) is 9.78. The topological polar surface area (TPSA) is 103 Å². The molecular formula is C23H23N5O4S. The molecule has 0 atom stereocenters. The lowest BCUT2D eigenvalue weighted by atomic mass is 10.1. The molecule has 2 aromatic carbocycles. The van der Waals surface area contributed by atoms with Crippen molar-refractivity contribution in [2.45, 2.75) is 26.8 Å². The number of fused-ring (bicyclic) bond motifs is 1. The van der Waals surface area contributed by atoms with Gasteiger partial charge in [-0.25, -0.2) is 9.97 Å². The number of benzene rings is 2. The highest BCUT2D eigenvalue weighted by Gasteiger charge is 2.25. The van der Waals surface area contributed by atoms with Gasteiger partial charge in [-0.05, 0) is 44.5 Å². The molecule has 0 aliphatic carbocycles. The summed E-state index contributed by atoms with van der Waals surface area (Å²) in [5.41, 5.74) is 1.32. The number of nitro benzene ring substituents is 1. The van der Waals surface area contributed by atoms with Crippen LogP contribution in [0.15, 0.2) is 55.1 Å². The molecule has 0 radical (unpaired) electrons. The number of hydrogen-bond acceptors (Lipinski definition) is 7. The summed E-state index contributed by atoms with van der Waals surface area (Å²) in [5, 5.41) is 11.9. The van der Waals surface area contributed by atoms with E-state index in [4.69, 9.17) is 4.74 Å². The van der Waals surface area contributed by atoms with Crippen LogP contribution in [0.3, 0.4) is 0 Å². The molecule has 4 rings (SSSR count). The summed E-state index contributed by atoms with van der Waals surface area (Å²) >= 11 is 1.39. The smallest absolute Gasteiger partial charge is 0.273 e. The van der Waals surface area contributed by atoms with Gasteiger partial charge < -0.3 is 9.30 Å². The maximum Gasteiger partial charge on any atom is 0.273 e. The van der Waals surface area contributed by atoms with Gasteiger partial charge in [0.05, 0.1) is 28.1 Å². The normalized spacial score (nSPS) is 11.0. The summed E-state index contributed by atoms with van der Waals surface area (Å²) in [5.74, 6) is 0.429. The van der Waals surface area contributed by atoms with E-state index in [0.717, 1.165) is 16.0 Å². The minimum atomic E-state index is -0.470. The van der Waals surface area contributed by atoms with Gasteiger partial charge in [0.25, 0.3) is 11.6 Å². The average Bonchev–Trinajstić information content (AvgIpc) is 3.46. The van der Waals surface area contributed by atoms with Gasteiger partial charge in [0.15, 0.2) is 5.13 Å². The summed E-state index contributed by atoms with van der Waals surface area (Å²) in [7, 11) is 0. The maximum absolute atomic E-state index is 13.6. The van der Waals surface area contributed by atoms with Gasteiger partial charge in [0.1, 0.15) is 5.75 Å². The molecular weight excluding hydrogens is 442 g/mol. The Morgan fingerprint density at radius 3 is 2.88 bits per heavy atom. The Kier molecular flexibility index (Phi) is 6.64. The molecule has 2 aromatic heterocycles. The number of rotatable bonds is 9. The highest BCUT2D eigenvalue weighted by atomic mass is 32.1. The standard InChI is InChI=1S/C23H23N5O4S/c1-3-32-17-8-9-19-21(14-17)33-23(25-19)27(12-5-11-26-13-10-24-15-26)22(29)18-6-4-7-20(16(18)2)28(30)31/h4,6-10,13-15H,3,5,11-12H2,1-2H3. The van der Waals surface area contributed by atoms with E-state index in [1.54, 1.807) is 30.4 Å². The summed E-state index contributed by atoms with van der Waals surface area (Å²) in [6.45, 7) is 5.16. The number of ether oxygens (including phenoxy) is 1. The van der Waals surface area contributed by atoms with Crippen LogP contribution >= 0.6 is 11.3 Å². The van der Waals surface area contributed by atoms with Crippen LogP contribution in [0.5, 0.6) is 5.75 Å². The average molecular weight is 466 g/mol. The van der Waals surface area contributed by atoms with Crippen LogP contribution in [0.4, 0.5) is 10.8 Å². The molecule has 0 spiro atoms. The number of nitro groups is 1. The third-order valence-corrected chi connectivity index (χ3v) is 6.27. The number of nitrogens with zero attached hydrogens (tertiary/aromatic N) is 5. The van der Waals surface area contributed by atoms with Gasteiger partial charge in [-0.1, -0.05) is 17.4 Å². The van der Waals surface area contributed by atoms with Crippen LogP contribution in [0.2, 0.25) is 0 Å². The largest absolute Gasteiger partial charge is 0.494 e. The van der Waals surface area contributed by atoms with Crippen molar-refractivity contribution in [1.82, 2.24) is 14.5 Å². The zero-order valence-electron chi connectivity index (χ0n) is 18.3. The first-order valence-corrected chi connectivity index (χ1v) is 11.3. The van der Waals surface area contributed by atoms with E-state index in [9.17, 15) is 14.9 Å². The predicted molar refractivity (Wildman–Crippen MR) is 127 cm³/mol. The zero-order valence-corrected chi connectivity index (χ0v) is 19.1. The lowest BCUT2D eigenvalue weighted by Gasteiger charge is -2.21. The van der Waals surface area contributed by atoms with E-state index < -0.39 is 4.92 Å². The monoisotopic (exact) mass is 465 g/mol. The second-order valence-corrected chi connectivity index (χ2v) is 8.39. The van der Waals surface area contributed by atoms with Crippen LogP contribution in [0, 0.1) is 17.0 Å². The van der Waals surface area contributed by atoms with Crippen LogP contribution in [0.1, 0.15) is 29.3 Å². The van der Waals surface area contributed by atoms with Crippen LogP contribution in [-0.2, 0) is 6.54 Å². The summed E-state index contributed by atoms with van der Waals surface area (Å²) in [6.07, 6.45) is 5.96. The van der Waals surface area contributed by atoms with Crippen molar-refractivity contribution in [2.24, 2.45) is 0 Å². The Morgan fingerprint density at radius 2 is 2.15 bits per heavy atom. The number of thiazole rings is 1. The van der Waals surface area contributed by atoms with Crippen molar-refractivity contribution >= 4 is 38.3 Å². The van der Waals surface area contributed by atoms with Crippen molar-refractivity contribution < 1.29 is 14.5 Å². The number of carbonyl (C=O) groups excluding carboxylic acids is 1. The first-order valence-electron chi connectivity index (χ1n) is 10.5. The Labute approximate surface area is 194 Å². The van der Waals surface area contributed by atoms with Gasteiger partial charge in [0.2, 0.25) is 0 Å². The number of hydrogen-bond donors (Lipinski definition) is 0. The van der Waals surface area contributed by atoms with Gasteiger partial charge in [0, 0.05) is 42.7 Å². The lowest BCUT2D eigenvalue weighted by Crippen LogP contribution is -2.33. The molecule has 0 N–H and O–H groups in total. The van der Waals surface area contributed by atoms with Crippen LogP contribution in [-0.4, -0.2) is 38.5 Å². The highest BCUT2D eigenvalue weighted by molar-refractivity contribution is 7.22. The van der Waals surface area contributed by atoms with Gasteiger partial charge in [-0.3, -0.25) is 19.8 Å². The molecule has 0 unspecified atom stereocenters. The Bertz CT molecular complexity index is 1290. The molecule has 0 aliphatic rings. The fraction of sp³-hybridized carbons (Fsp3) is 0.261. The van der Waals surface area contributed by atoms with E-state index in [0.29, 0.717) is 42.4 Å². The van der Waals surface area contributed by atoms with Crippen molar-refractivity contribution in [3.05, 3.63) is 76.4 Å². The van der Waals surface area contributed by atoms with Crippen LogP contribution < -0.4 is 9.64 Å². The predicted octanol–water partition coefficient (Wildman–Crippen LogP) is 4.85. The van der Waals surface area contributed by atoms with Crippen molar-refractivity contribution in [3.8, 4) is 5.75 Å². The number of imidazole rings is 1. The van der Waals surface area contributed by atoms with E-state index >= 15 is 0 Å². The molecule has 33 heavy (non-hydrogen) atoms. The Balaban J connectivity index is 1.68. The molecule has 0 saturated carbocycles. The molecule has 0 aliphatic heterocycles. The van der Waals surface area contributed by atoms with Gasteiger partial charge >= 0.3 is 0 Å². The molecule has 10 heteroatoms. The number of carbonyl (C=O) groups is 1. The number of aryl methyl sites for hydroxylation is 1. The molecule has 0 fully saturated rings. The summed E-state index contributed by atoms with van der Waals surface area (Å²) in [6, 6.07) is 10.2. The fourth-order valence-corrected chi connectivity index (χ4v) is 4.60. The van der Waals surface area contributed by atoms with E-state index in [1.807, 2.05) is 35.9 Å². The second-order valence-electron chi connectivity index (χ2n) is 7.38. The minimum absolute atomic E-state index is 0.0788. The Morgan fingerprint density at radius 1 is 1.30 bits per heavy atom. The molecule has 1 amide bonds. The quantitative estimate of drug-likeness (QED) is 0.259. The molecule has 2 heterocycles. The first-order chi connectivity index (χ1) is 16.0. The van der Waals surface area contributed by atoms with Crippen molar-refractivity contribution in [3.63, 3.8) is 0 Å². The molecule has 4 aromatic rings. The molecule has 170 valence electrons. The molecule has 0 saturated heterocycles. The first kappa shape index (κ1) is 22.4. The number of aromatic nitrogens is 3. The van der Waals surface area contributed by atoms with Gasteiger partial charge in [-0.2, -0.15) is 0 Å². The Hall–Kier alpha value is -3.79. The van der Waals surface area contributed by atoms with Crippen molar-refractivity contribution in [2.75, 3.05) is 18.1 Å².